The first kappa shape index (κ1) is 9.96. The third-order valence-corrected chi connectivity index (χ3v) is 3.22. The zero-order valence-electron chi connectivity index (χ0n) is 7.23. The molecule has 2 aromatic rings. The third kappa shape index (κ3) is 1.67. The summed E-state index contributed by atoms with van der Waals surface area (Å²) in [5.41, 5.74) is 0.920. The number of halogens is 1. The number of rotatable bonds is 1. The van der Waals surface area contributed by atoms with Gasteiger partial charge in [-0.05, 0) is 12.1 Å². The number of H-pyrrole nitrogens is 1. The summed E-state index contributed by atoms with van der Waals surface area (Å²) in [5.74, 6) is 0. The molecule has 1 N–H and O–H groups in total. The first-order chi connectivity index (χ1) is 7.02. The highest BCUT2D eigenvalue weighted by Crippen LogP contribution is 2.24. The Hall–Kier alpha value is -1.58. The summed E-state index contributed by atoms with van der Waals surface area (Å²) in [5, 5.41) is 8.70. The van der Waals surface area contributed by atoms with Crippen LogP contribution in [0.2, 0.25) is 0 Å². The fourth-order valence-electron chi connectivity index (χ4n) is 1.27. The van der Waals surface area contributed by atoms with Gasteiger partial charge in [0.05, 0.1) is 23.5 Å². The molecule has 15 heavy (non-hydrogen) atoms. The Bertz CT molecular complexity index is 669. The number of benzene rings is 1. The predicted octanol–water partition coefficient (Wildman–Crippen LogP) is 1.36. The van der Waals surface area contributed by atoms with E-state index in [1.165, 1.54) is 18.5 Å². The summed E-state index contributed by atoms with van der Waals surface area (Å²) >= 11 is 0. The maximum absolute atomic E-state index is 11.2. The van der Waals surface area contributed by atoms with E-state index >= 15 is 0 Å². The summed E-state index contributed by atoms with van der Waals surface area (Å²) in [6, 6.07) is 4.56. The van der Waals surface area contributed by atoms with Gasteiger partial charge in [0.15, 0.2) is 0 Å². The Labute approximate surface area is 89.7 Å². The van der Waals surface area contributed by atoms with Crippen LogP contribution in [0.25, 0.3) is 11.0 Å². The number of hydrogen-bond acceptors (Lipinski definition) is 4. The fraction of sp³-hybridized carbons (Fsp3) is 0. The molecular weight excluding hydrogens is 238 g/mol. The lowest BCUT2D eigenvalue weighted by molar-refractivity contribution is 0.610. The van der Waals surface area contributed by atoms with Gasteiger partial charge in [-0.3, -0.25) is 0 Å². The van der Waals surface area contributed by atoms with E-state index in [9.17, 15) is 8.42 Å². The van der Waals surface area contributed by atoms with Crippen LogP contribution < -0.4 is 0 Å². The molecule has 7 heteroatoms. The number of hydrogen-bond donors (Lipinski definition) is 1. The van der Waals surface area contributed by atoms with Gasteiger partial charge in [0.25, 0.3) is 9.05 Å². The van der Waals surface area contributed by atoms with Crippen molar-refractivity contribution in [2.75, 3.05) is 0 Å². The van der Waals surface area contributed by atoms with Gasteiger partial charge in [-0.1, -0.05) is 0 Å². The molecule has 0 spiro atoms. The highest BCUT2D eigenvalue weighted by molar-refractivity contribution is 8.14. The largest absolute Gasteiger partial charge is 0.345 e. The second kappa shape index (κ2) is 3.22. The van der Waals surface area contributed by atoms with Gasteiger partial charge in [-0.25, -0.2) is 13.4 Å². The van der Waals surface area contributed by atoms with E-state index in [4.69, 9.17) is 15.9 Å². The van der Waals surface area contributed by atoms with E-state index in [-0.39, 0.29) is 16.0 Å². The van der Waals surface area contributed by atoms with Crippen molar-refractivity contribution in [1.29, 1.82) is 5.26 Å². The molecule has 0 aliphatic rings. The van der Waals surface area contributed by atoms with Crippen molar-refractivity contribution < 1.29 is 8.42 Å². The molecule has 0 bridgehead atoms. The van der Waals surface area contributed by atoms with E-state index in [2.05, 4.69) is 9.97 Å². The Kier molecular flexibility index (Phi) is 2.14. The van der Waals surface area contributed by atoms with Gasteiger partial charge in [-0.15, -0.1) is 0 Å². The Morgan fingerprint density at radius 3 is 2.80 bits per heavy atom. The lowest BCUT2D eigenvalue weighted by Crippen LogP contribution is -1.93. The Balaban J connectivity index is 2.94. The van der Waals surface area contributed by atoms with Gasteiger partial charge in [-0.2, -0.15) is 5.26 Å². The van der Waals surface area contributed by atoms with Crippen LogP contribution in [0, 0.1) is 11.3 Å². The summed E-state index contributed by atoms with van der Waals surface area (Å²) in [7, 11) is 1.34. The van der Waals surface area contributed by atoms with E-state index in [0.29, 0.717) is 5.52 Å². The lowest BCUT2D eigenvalue weighted by atomic mass is 10.2. The van der Waals surface area contributed by atoms with Gasteiger partial charge in [0.1, 0.15) is 10.4 Å². The number of nitrogens with one attached hydrogen (secondary N) is 1. The maximum atomic E-state index is 11.2. The van der Waals surface area contributed by atoms with Crippen LogP contribution in [-0.4, -0.2) is 18.4 Å². The second-order valence-electron chi connectivity index (χ2n) is 2.82. The van der Waals surface area contributed by atoms with Crippen molar-refractivity contribution in [1.82, 2.24) is 9.97 Å². The molecule has 2 rings (SSSR count). The van der Waals surface area contributed by atoms with Crippen molar-refractivity contribution in [3.05, 3.63) is 24.0 Å². The molecule has 0 unspecified atom stereocenters. The number of aromatic amines is 1. The van der Waals surface area contributed by atoms with E-state index in [1.54, 1.807) is 0 Å². The molecule has 0 aliphatic heterocycles. The number of imidazole rings is 1. The van der Waals surface area contributed by atoms with Crippen molar-refractivity contribution in [2.24, 2.45) is 0 Å². The normalized spacial score (nSPS) is 11.5. The van der Waals surface area contributed by atoms with E-state index < -0.39 is 9.05 Å². The van der Waals surface area contributed by atoms with Crippen molar-refractivity contribution in [3.8, 4) is 6.07 Å². The van der Waals surface area contributed by atoms with E-state index in [0.717, 1.165) is 0 Å². The Morgan fingerprint density at radius 2 is 2.20 bits per heavy atom. The van der Waals surface area contributed by atoms with Crippen molar-refractivity contribution in [2.45, 2.75) is 4.90 Å². The van der Waals surface area contributed by atoms with Crippen LogP contribution in [0.5, 0.6) is 0 Å². The molecule has 1 heterocycles. The molecule has 0 saturated heterocycles. The fourth-order valence-corrected chi connectivity index (χ4v) is 2.28. The molecule has 5 nitrogen and oxygen atoms in total. The van der Waals surface area contributed by atoms with Crippen LogP contribution in [0.4, 0.5) is 0 Å². The zero-order valence-corrected chi connectivity index (χ0v) is 8.80. The summed E-state index contributed by atoms with van der Waals surface area (Å²) < 4.78 is 22.4. The topological polar surface area (TPSA) is 86.6 Å². The lowest BCUT2D eigenvalue weighted by Gasteiger charge is -1.98. The van der Waals surface area contributed by atoms with Crippen LogP contribution in [0.15, 0.2) is 23.4 Å². The molecule has 0 atom stereocenters. The second-order valence-corrected chi connectivity index (χ2v) is 5.36. The Morgan fingerprint density at radius 1 is 1.47 bits per heavy atom. The van der Waals surface area contributed by atoms with Crippen LogP contribution in [-0.2, 0) is 9.05 Å². The third-order valence-electron chi connectivity index (χ3n) is 1.88. The smallest absolute Gasteiger partial charge is 0.263 e. The zero-order chi connectivity index (χ0) is 11.1. The average Bonchev–Trinajstić information content (AvgIpc) is 2.61. The summed E-state index contributed by atoms with van der Waals surface area (Å²) in [6.07, 6.45) is 1.34. The van der Waals surface area contributed by atoms with Crippen molar-refractivity contribution in [3.63, 3.8) is 0 Å². The molecule has 0 aliphatic carbocycles. The first-order valence-corrected chi connectivity index (χ1v) is 6.15. The minimum absolute atomic E-state index is 0.153. The molecule has 0 amide bonds. The van der Waals surface area contributed by atoms with E-state index in [1.807, 2.05) is 6.07 Å². The van der Waals surface area contributed by atoms with Crippen LogP contribution >= 0.6 is 10.7 Å². The van der Waals surface area contributed by atoms with Gasteiger partial charge in [0, 0.05) is 10.7 Å². The monoisotopic (exact) mass is 241 g/mol. The SMILES string of the molecule is N#Cc1cc(S(=O)(=O)Cl)c2nc[nH]c2c1. The predicted molar refractivity (Wildman–Crippen MR) is 53.8 cm³/mol. The molecule has 1 aromatic carbocycles. The molecule has 1 aromatic heterocycles. The number of aromatic nitrogens is 2. The van der Waals surface area contributed by atoms with Gasteiger partial charge in [0.2, 0.25) is 0 Å². The number of nitrogens with zero attached hydrogens (tertiary/aromatic N) is 2. The van der Waals surface area contributed by atoms with Gasteiger partial charge >= 0.3 is 0 Å². The number of nitriles is 1. The number of fused-ring (bicyclic) bond motifs is 1. The molecule has 0 saturated carbocycles. The summed E-state index contributed by atoms with van der Waals surface area (Å²) in [4.78, 5) is 6.40. The molecule has 76 valence electrons. The highest BCUT2D eigenvalue weighted by Gasteiger charge is 2.17. The standard InChI is InChI=1S/C8H4ClN3O2S/c9-15(13,14)7-2-5(3-10)1-6-8(7)12-4-11-6/h1-2,4H,(H,11,12). The van der Waals surface area contributed by atoms with Crippen molar-refractivity contribution >= 4 is 30.8 Å². The van der Waals surface area contributed by atoms with Gasteiger partial charge < -0.3 is 4.98 Å². The quantitative estimate of drug-likeness (QED) is 0.764. The maximum Gasteiger partial charge on any atom is 0.263 e. The summed E-state index contributed by atoms with van der Waals surface area (Å²) in [6.45, 7) is 0. The molecule has 0 fully saturated rings. The first-order valence-electron chi connectivity index (χ1n) is 3.84. The van der Waals surface area contributed by atoms with Crippen LogP contribution in [0.1, 0.15) is 5.56 Å². The molecule has 0 radical (unpaired) electrons. The average molecular weight is 242 g/mol. The highest BCUT2D eigenvalue weighted by atomic mass is 35.7. The molecular formula is C8H4ClN3O2S. The minimum atomic E-state index is -3.89. The van der Waals surface area contributed by atoms with Crippen LogP contribution in [0.3, 0.4) is 0 Å². The minimum Gasteiger partial charge on any atom is -0.345 e.